The number of para-hydroxylation sites is 1. The molecular formula is C16H15NO2. The number of hydrogen-bond acceptors (Lipinski definition) is 3. The van der Waals surface area contributed by atoms with Crippen LogP contribution >= 0.6 is 0 Å². The number of fused-ring (bicyclic) bond motifs is 1. The molecular weight excluding hydrogens is 238 g/mol. The van der Waals surface area contributed by atoms with Gasteiger partial charge in [-0.05, 0) is 37.6 Å². The van der Waals surface area contributed by atoms with E-state index in [2.05, 4.69) is 4.98 Å². The number of nitrogens with zero attached hydrogens (tertiary/aromatic N) is 1. The third-order valence-corrected chi connectivity index (χ3v) is 3.43. The van der Waals surface area contributed by atoms with Crippen LogP contribution in [0.4, 0.5) is 0 Å². The van der Waals surface area contributed by atoms with Crippen molar-refractivity contribution < 1.29 is 9.53 Å². The molecule has 0 saturated carbocycles. The summed E-state index contributed by atoms with van der Waals surface area (Å²) in [5.74, 6) is 0.733. The quantitative estimate of drug-likeness (QED) is 0.772. The molecule has 19 heavy (non-hydrogen) atoms. The van der Waals surface area contributed by atoms with Gasteiger partial charge >= 0.3 is 0 Å². The highest BCUT2D eigenvalue weighted by atomic mass is 16.5. The van der Waals surface area contributed by atoms with Crippen LogP contribution < -0.4 is 4.74 Å². The van der Waals surface area contributed by atoms with Gasteiger partial charge < -0.3 is 4.74 Å². The average molecular weight is 253 g/mol. The standard InChI is InChI=1S/C16H15NO2/c1-10-6-7-13(11(2)17-10)15(18)14-5-3-4-12-8-9-19-16(12)14/h3-7H,8-9H2,1-2H3. The normalized spacial score (nSPS) is 12.9. The Labute approximate surface area is 112 Å². The third kappa shape index (κ3) is 2.01. The van der Waals surface area contributed by atoms with Crippen molar-refractivity contribution in [1.29, 1.82) is 0 Å². The largest absolute Gasteiger partial charge is 0.492 e. The molecule has 3 nitrogen and oxygen atoms in total. The molecule has 2 aromatic rings. The summed E-state index contributed by atoms with van der Waals surface area (Å²) in [6.45, 7) is 4.44. The second kappa shape index (κ2) is 4.50. The summed E-state index contributed by atoms with van der Waals surface area (Å²) in [5, 5.41) is 0. The third-order valence-electron chi connectivity index (χ3n) is 3.43. The maximum atomic E-state index is 12.6. The monoisotopic (exact) mass is 253 g/mol. The Kier molecular flexibility index (Phi) is 2.82. The van der Waals surface area contributed by atoms with Crippen molar-refractivity contribution in [2.45, 2.75) is 20.3 Å². The van der Waals surface area contributed by atoms with Crippen LogP contribution in [0.2, 0.25) is 0 Å². The van der Waals surface area contributed by atoms with Gasteiger partial charge in [-0.1, -0.05) is 12.1 Å². The number of hydrogen-bond donors (Lipinski definition) is 0. The van der Waals surface area contributed by atoms with Gasteiger partial charge in [0.25, 0.3) is 0 Å². The fourth-order valence-corrected chi connectivity index (χ4v) is 2.47. The molecule has 0 radical (unpaired) electrons. The van der Waals surface area contributed by atoms with Crippen LogP contribution in [-0.4, -0.2) is 17.4 Å². The van der Waals surface area contributed by atoms with Crippen molar-refractivity contribution in [3.63, 3.8) is 0 Å². The maximum absolute atomic E-state index is 12.6. The molecule has 0 N–H and O–H groups in total. The SMILES string of the molecule is Cc1ccc(C(=O)c2cccc3c2OCC3)c(C)n1. The highest BCUT2D eigenvalue weighted by Gasteiger charge is 2.22. The van der Waals surface area contributed by atoms with Gasteiger partial charge in [0, 0.05) is 23.4 Å². The van der Waals surface area contributed by atoms with E-state index < -0.39 is 0 Å². The van der Waals surface area contributed by atoms with Crippen molar-refractivity contribution in [1.82, 2.24) is 4.98 Å². The maximum Gasteiger partial charge on any atom is 0.198 e. The van der Waals surface area contributed by atoms with E-state index in [1.807, 2.05) is 44.2 Å². The molecule has 0 fully saturated rings. The Morgan fingerprint density at radius 2 is 2.00 bits per heavy atom. The Morgan fingerprint density at radius 1 is 1.16 bits per heavy atom. The topological polar surface area (TPSA) is 39.2 Å². The van der Waals surface area contributed by atoms with Gasteiger partial charge in [-0.25, -0.2) is 0 Å². The highest BCUT2D eigenvalue weighted by molar-refractivity contribution is 6.11. The summed E-state index contributed by atoms with van der Waals surface area (Å²) in [6.07, 6.45) is 0.877. The van der Waals surface area contributed by atoms with Gasteiger partial charge in [-0.15, -0.1) is 0 Å². The lowest BCUT2D eigenvalue weighted by atomic mass is 9.99. The van der Waals surface area contributed by atoms with Crippen molar-refractivity contribution in [2.75, 3.05) is 6.61 Å². The fraction of sp³-hybridized carbons (Fsp3) is 0.250. The summed E-state index contributed by atoms with van der Waals surface area (Å²) < 4.78 is 5.59. The Morgan fingerprint density at radius 3 is 2.79 bits per heavy atom. The zero-order valence-electron chi connectivity index (χ0n) is 11.1. The minimum Gasteiger partial charge on any atom is -0.492 e. The average Bonchev–Trinajstić information content (AvgIpc) is 2.86. The zero-order valence-corrected chi connectivity index (χ0v) is 11.1. The summed E-state index contributed by atoms with van der Waals surface area (Å²) in [5.41, 5.74) is 4.09. The van der Waals surface area contributed by atoms with Crippen LogP contribution in [0.25, 0.3) is 0 Å². The van der Waals surface area contributed by atoms with Crippen LogP contribution in [0, 0.1) is 13.8 Å². The lowest BCUT2D eigenvalue weighted by molar-refractivity contribution is 0.103. The number of ketones is 1. The number of rotatable bonds is 2. The first-order chi connectivity index (χ1) is 9.16. The van der Waals surface area contributed by atoms with E-state index in [0.29, 0.717) is 17.7 Å². The van der Waals surface area contributed by atoms with Crippen molar-refractivity contribution >= 4 is 5.78 Å². The van der Waals surface area contributed by atoms with Crippen LogP contribution in [0.3, 0.4) is 0 Å². The van der Waals surface area contributed by atoms with E-state index in [4.69, 9.17) is 4.74 Å². The predicted molar refractivity (Wildman–Crippen MR) is 72.8 cm³/mol. The molecule has 1 aliphatic rings. The van der Waals surface area contributed by atoms with Crippen LogP contribution in [-0.2, 0) is 6.42 Å². The van der Waals surface area contributed by atoms with Crippen LogP contribution in [0.15, 0.2) is 30.3 Å². The second-order valence-electron chi connectivity index (χ2n) is 4.81. The Bertz CT molecular complexity index is 662. The number of pyridine rings is 1. The molecule has 96 valence electrons. The molecule has 0 bridgehead atoms. The first-order valence-corrected chi connectivity index (χ1v) is 6.40. The van der Waals surface area contributed by atoms with E-state index >= 15 is 0 Å². The summed E-state index contributed by atoms with van der Waals surface area (Å²) in [6, 6.07) is 9.46. The minimum atomic E-state index is -0.0104. The molecule has 2 heterocycles. The summed E-state index contributed by atoms with van der Waals surface area (Å²) in [7, 11) is 0. The van der Waals surface area contributed by atoms with Gasteiger partial charge in [0.15, 0.2) is 5.78 Å². The van der Waals surface area contributed by atoms with Crippen molar-refractivity contribution in [2.24, 2.45) is 0 Å². The number of aromatic nitrogens is 1. The summed E-state index contributed by atoms with van der Waals surface area (Å²) >= 11 is 0. The zero-order chi connectivity index (χ0) is 13.4. The number of ether oxygens (including phenoxy) is 1. The number of benzene rings is 1. The highest BCUT2D eigenvalue weighted by Crippen LogP contribution is 2.31. The van der Waals surface area contributed by atoms with Crippen molar-refractivity contribution in [3.05, 3.63) is 58.4 Å². The molecule has 0 atom stereocenters. The molecule has 0 aliphatic carbocycles. The second-order valence-corrected chi connectivity index (χ2v) is 4.81. The smallest absolute Gasteiger partial charge is 0.198 e. The lowest BCUT2D eigenvalue weighted by Gasteiger charge is -2.09. The fourth-order valence-electron chi connectivity index (χ4n) is 2.47. The predicted octanol–water partition coefficient (Wildman–Crippen LogP) is 2.86. The Hall–Kier alpha value is -2.16. The summed E-state index contributed by atoms with van der Waals surface area (Å²) in [4.78, 5) is 17.0. The molecule has 0 spiro atoms. The molecule has 1 aromatic heterocycles. The molecule has 0 amide bonds. The van der Waals surface area contributed by atoms with Gasteiger partial charge in [-0.2, -0.15) is 0 Å². The lowest BCUT2D eigenvalue weighted by Crippen LogP contribution is -2.07. The van der Waals surface area contributed by atoms with Crippen molar-refractivity contribution in [3.8, 4) is 5.75 Å². The molecule has 1 aliphatic heterocycles. The number of carbonyl (C=O) groups is 1. The van der Waals surface area contributed by atoms with Gasteiger partial charge in [-0.3, -0.25) is 9.78 Å². The van der Waals surface area contributed by atoms with Crippen LogP contribution in [0.5, 0.6) is 5.75 Å². The van der Waals surface area contributed by atoms with E-state index in [0.717, 1.165) is 29.1 Å². The number of carbonyl (C=O) groups excluding carboxylic acids is 1. The Balaban J connectivity index is 2.08. The molecule has 0 saturated heterocycles. The molecule has 0 unspecified atom stereocenters. The minimum absolute atomic E-state index is 0.0104. The molecule has 3 heteroatoms. The first kappa shape index (κ1) is 11.9. The van der Waals surface area contributed by atoms with Crippen LogP contribution in [0.1, 0.15) is 32.9 Å². The molecule has 1 aromatic carbocycles. The van der Waals surface area contributed by atoms with Gasteiger partial charge in [0.2, 0.25) is 0 Å². The van der Waals surface area contributed by atoms with E-state index in [-0.39, 0.29) is 5.78 Å². The van der Waals surface area contributed by atoms with Gasteiger partial charge in [0.05, 0.1) is 12.2 Å². The van der Waals surface area contributed by atoms with E-state index in [1.165, 1.54) is 0 Å². The number of aryl methyl sites for hydroxylation is 2. The first-order valence-electron chi connectivity index (χ1n) is 6.40. The van der Waals surface area contributed by atoms with Gasteiger partial charge in [0.1, 0.15) is 5.75 Å². The van der Waals surface area contributed by atoms with E-state index in [1.54, 1.807) is 0 Å². The van der Waals surface area contributed by atoms with E-state index in [9.17, 15) is 4.79 Å². The molecule has 3 rings (SSSR count).